The quantitative estimate of drug-likeness (QED) is 0.412. The molecular weight excluding hydrogens is 463 g/mol. The Kier molecular flexibility index (Phi) is 7.17. The van der Waals surface area contributed by atoms with E-state index in [1.54, 1.807) is 0 Å². The van der Waals surface area contributed by atoms with Gasteiger partial charge >= 0.3 is 11.8 Å². The molecule has 4 amide bonds. The summed E-state index contributed by atoms with van der Waals surface area (Å²) in [6, 6.07) is 3.87. The summed E-state index contributed by atoms with van der Waals surface area (Å²) < 4.78 is 13.0. The Morgan fingerprint density at radius 2 is 1.88 bits per heavy atom. The van der Waals surface area contributed by atoms with Crippen molar-refractivity contribution in [3.63, 3.8) is 0 Å². The Hall–Kier alpha value is -3.38. The number of carbonyl (C=O) groups excluding carboxylic acids is 4. The van der Waals surface area contributed by atoms with Crippen molar-refractivity contribution in [3.05, 3.63) is 45.7 Å². The number of amides is 4. The Morgan fingerprint density at radius 1 is 1.12 bits per heavy atom. The van der Waals surface area contributed by atoms with E-state index in [2.05, 4.69) is 25.8 Å². The third-order valence-electron chi connectivity index (χ3n) is 5.85. The van der Waals surface area contributed by atoms with Crippen LogP contribution >= 0.6 is 11.3 Å². The van der Waals surface area contributed by atoms with Gasteiger partial charge in [-0.2, -0.15) is 0 Å². The minimum atomic E-state index is -0.911. The van der Waals surface area contributed by atoms with E-state index >= 15 is 0 Å². The monoisotopic (exact) mass is 488 g/mol. The van der Waals surface area contributed by atoms with Gasteiger partial charge in [-0.15, -0.1) is 11.3 Å². The van der Waals surface area contributed by atoms with Gasteiger partial charge in [0.05, 0.1) is 17.8 Å². The third kappa shape index (κ3) is 5.57. The molecule has 0 unspecified atom stereocenters. The molecule has 1 aromatic heterocycles. The van der Waals surface area contributed by atoms with Gasteiger partial charge in [0.2, 0.25) is 6.41 Å². The lowest BCUT2D eigenvalue weighted by Gasteiger charge is -2.37. The van der Waals surface area contributed by atoms with Crippen LogP contribution in [0.1, 0.15) is 26.8 Å². The van der Waals surface area contributed by atoms with Crippen LogP contribution < -0.4 is 16.0 Å². The van der Waals surface area contributed by atoms with Crippen LogP contribution in [0.2, 0.25) is 0 Å². The summed E-state index contributed by atoms with van der Waals surface area (Å²) in [6.45, 7) is 2.18. The number of aromatic nitrogens is 1. The zero-order valence-electron chi connectivity index (χ0n) is 18.5. The lowest BCUT2D eigenvalue weighted by Crippen LogP contribution is -2.61. The summed E-state index contributed by atoms with van der Waals surface area (Å²) in [5.74, 6) is -2.64. The highest BCUT2D eigenvalue weighted by molar-refractivity contribution is 7.13. The van der Waals surface area contributed by atoms with E-state index in [1.165, 1.54) is 40.5 Å². The molecule has 10 nitrogen and oxygen atoms in total. The highest BCUT2D eigenvalue weighted by Crippen LogP contribution is 2.24. The number of likely N-dealkylation sites (N-methyl/N-ethyl adjacent to an activating group) is 1. The van der Waals surface area contributed by atoms with Crippen molar-refractivity contribution in [2.24, 2.45) is 0 Å². The fourth-order valence-electron chi connectivity index (χ4n) is 4.00. The largest absolute Gasteiger partial charge is 0.343 e. The van der Waals surface area contributed by atoms with Crippen molar-refractivity contribution in [2.75, 3.05) is 32.0 Å². The average Bonchev–Trinajstić information content (AvgIpc) is 3.25. The van der Waals surface area contributed by atoms with Crippen LogP contribution in [-0.2, 0) is 27.3 Å². The van der Waals surface area contributed by atoms with Gasteiger partial charge in [-0.1, -0.05) is 0 Å². The first-order chi connectivity index (χ1) is 16.3. The fourth-order valence-corrected chi connectivity index (χ4v) is 5.09. The molecule has 34 heavy (non-hydrogen) atoms. The number of hydrogen-bond donors (Lipinski definition) is 3. The number of benzene rings is 1. The minimum Gasteiger partial charge on any atom is -0.343 e. The van der Waals surface area contributed by atoms with Gasteiger partial charge < -0.3 is 25.8 Å². The molecular formula is C22H25FN6O4S. The highest BCUT2D eigenvalue weighted by Gasteiger charge is 2.33. The molecule has 3 heterocycles. The van der Waals surface area contributed by atoms with Gasteiger partial charge in [0.25, 0.3) is 5.91 Å². The number of piperidine rings is 1. The van der Waals surface area contributed by atoms with E-state index in [1.807, 2.05) is 7.05 Å². The van der Waals surface area contributed by atoms with E-state index in [9.17, 15) is 23.6 Å². The maximum absolute atomic E-state index is 13.0. The predicted molar refractivity (Wildman–Crippen MR) is 123 cm³/mol. The molecule has 0 spiro atoms. The van der Waals surface area contributed by atoms with Gasteiger partial charge in [-0.3, -0.25) is 19.2 Å². The standard InChI is InChI=1S/C22H25FN6O4S/c1-28-8-6-16-18(11-28)34-22(27-16)21(33)26-17-10-29(12-30)9-7-15(17)25-20(32)19(31)24-14-4-2-13(23)3-5-14/h2-5,12,15,17H,6-11H2,1H3,(H,24,31)(H,25,32)(H,26,33)/t15-,17+/m0/s1. The number of rotatable bonds is 5. The van der Waals surface area contributed by atoms with Gasteiger partial charge in [0.1, 0.15) is 5.82 Å². The summed E-state index contributed by atoms with van der Waals surface area (Å²) in [7, 11) is 2.01. The minimum absolute atomic E-state index is 0.188. The van der Waals surface area contributed by atoms with Crippen LogP contribution in [0.15, 0.2) is 24.3 Å². The number of thiazole rings is 1. The number of carbonyl (C=O) groups is 4. The van der Waals surface area contributed by atoms with Crippen molar-refractivity contribution < 1.29 is 23.6 Å². The first-order valence-corrected chi connectivity index (χ1v) is 11.7. The zero-order valence-corrected chi connectivity index (χ0v) is 19.4. The van der Waals surface area contributed by atoms with Gasteiger partial charge in [0, 0.05) is 43.2 Å². The summed E-state index contributed by atoms with van der Waals surface area (Å²) in [6.07, 6.45) is 1.83. The van der Waals surface area contributed by atoms with E-state index in [4.69, 9.17) is 0 Å². The van der Waals surface area contributed by atoms with Crippen LogP contribution in [0.4, 0.5) is 10.1 Å². The van der Waals surface area contributed by atoms with E-state index in [0.29, 0.717) is 24.4 Å². The third-order valence-corrected chi connectivity index (χ3v) is 6.93. The summed E-state index contributed by atoms with van der Waals surface area (Å²) in [4.78, 5) is 58.2. The van der Waals surface area contributed by atoms with Crippen LogP contribution in [0, 0.1) is 5.82 Å². The molecule has 3 N–H and O–H groups in total. The summed E-state index contributed by atoms with van der Waals surface area (Å²) >= 11 is 1.34. The molecule has 2 aliphatic rings. The second-order valence-corrected chi connectivity index (χ2v) is 9.47. The number of halogens is 1. The van der Waals surface area contributed by atoms with Crippen LogP contribution in [0.5, 0.6) is 0 Å². The second kappa shape index (κ2) is 10.3. The Bertz CT molecular complexity index is 1090. The van der Waals surface area contributed by atoms with Crippen molar-refractivity contribution in [1.82, 2.24) is 25.4 Å². The van der Waals surface area contributed by atoms with Crippen LogP contribution in [-0.4, -0.2) is 77.7 Å². The first kappa shape index (κ1) is 23.8. The Morgan fingerprint density at radius 3 is 2.62 bits per heavy atom. The maximum Gasteiger partial charge on any atom is 0.313 e. The van der Waals surface area contributed by atoms with E-state index < -0.39 is 29.7 Å². The van der Waals surface area contributed by atoms with Crippen molar-refractivity contribution >= 4 is 41.2 Å². The zero-order chi connectivity index (χ0) is 24.2. The molecule has 12 heteroatoms. The van der Waals surface area contributed by atoms with Gasteiger partial charge in [-0.05, 0) is 37.7 Å². The molecule has 180 valence electrons. The number of anilines is 1. The smallest absolute Gasteiger partial charge is 0.313 e. The number of nitrogens with one attached hydrogen (secondary N) is 3. The fraction of sp³-hybridized carbons (Fsp3) is 0.409. The lowest BCUT2D eigenvalue weighted by molar-refractivity contribution is -0.137. The molecule has 0 saturated carbocycles. The van der Waals surface area contributed by atoms with Crippen molar-refractivity contribution in [2.45, 2.75) is 31.5 Å². The number of likely N-dealkylation sites (tertiary alicyclic amines) is 1. The van der Waals surface area contributed by atoms with Crippen LogP contribution in [0.3, 0.4) is 0 Å². The SMILES string of the molecule is CN1CCc2nc(C(=O)N[C@@H]3CN(C=O)CC[C@@H]3NC(=O)C(=O)Nc3ccc(F)cc3)sc2C1. The molecule has 2 aromatic rings. The molecule has 4 rings (SSSR count). The number of fused-ring (bicyclic) bond motifs is 1. The molecule has 0 radical (unpaired) electrons. The van der Waals surface area contributed by atoms with Gasteiger partial charge in [0.15, 0.2) is 5.01 Å². The lowest BCUT2D eigenvalue weighted by atomic mass is 9.99. The van der Waals surface area contributed by atoms with E-state index in [0.717, 1.165) is 30.1 Å². The van der Waals surface area contributed by atoms with Crippen LogP contribution in [0.25, 0.3) is 0 Å². The molecule has 1 fully saturated rings. The molecule has 2 atom stereocenters. The number of nitrogens with zero attached hydrogens (tertiary/aromatic N) is 3. The van der Waals surface area contributed by atoms with E-state index in [-0.39, 0.29) is 18.1 Å². The summed E-state index contributed by atoms with van der Waals surface area (Å²) in [5, 5.41) is 8.27. The molecule has 1 aromatic carbocycles. The summed E-state index contributed by atoms with van der Waals surface area (Å²) in [5.41, 5.74) is 1.20. The first-order valence-electron chi connectivity index (χ1n) is 10.9. The normalized spacial score (nSPS) is 20.2. The topological polar surface area (TPSA) is 124 Å². The second-order valence-electron chi connectivity index (χ2n) is 8.39. The Labute approximate surface area is 199 Å². The highest BCUT2D eigenvalue weighted by atomic mass is 32.1. The number of hydrogen-bond acceptors (Lipinski definition) is 7. The molecule has 0 aliphatic carbocycles. The molecule has 2 aliphatic heterocycles. The van der Waals surface area contributed by atoms with Crippen molar-refractivity contribution in [1.29, 1.82) is 0 Å². The maximum atomic E-state index is 13.0. The predicted octanol–water partition coefficient (Wildman–Crippen LogP) is 0.354. The molecule has 0 bridgehead atoms. The Balaban J connectivity index is 1.41. The average molecular weight is 489 g/mol. The van der Waals surface area contributed by atoms with Crippen molar-refractivity contribution in [3.8, 4) is 0 Å². The van der Waals surface area contributed by atoms with Gasteiger partial charge in [-0.25, -0.2) is 9.37 Å². The molecule has 1 saturated heterocycles.